The van der Waals surface area contributed by atoms with Crippen LogP contribution in [0.5, 0.6) is 0 Å². The molecule has 0 spiro atoms. The summed E-state index contributed by atoms with van der Waals surface area (Å²) in [5.41, 5.74) is 0.760. The Labute approximate surface area is 119 Å². The number of fused-ring (bicyclic) bond motifs is 1. The van der Waals surface area contributed by atoms with Gasteiger partial charge in [-0.15, -0.1) is 11.3 Å². The van der Waals surface area contributed by atoms with Gasteiger partial charge < -0.3 is 0 Å². The third-order valence-electron chi connectivity index (χ3n) is 2.82. The molecule has 20 heavy (non-hydrogen) atoms. The molecule has 3 aromatic rings. The number of hydrogen-bond donors (Lipinski definition) is 0. The highest BCUT2D eigenvalue weighted by atomic mass is 32.2. The molecule has 0 aliphatic rings. The van der Waals surface area contributed by atoms with Gasteiger partial charge in [0.25, 0.3) is 0 Å². The van der Waals surface area contributed by atoms with Crippen LogP contribution in [0.3, 0.4) is 0 Å². The molecule has 0 saturated heterocycles. The molecule has 0 fully saturated rings. The fourth-order valence-electron chi connectivity index (χ4n) is 1.92. The standard InChI is InChI=1S/C14H10FNO2S2/c15-10-5-1-4-8-13(10)20(17,18)9-14-16-11-6-2-3-7-12(11)19-14/h1-8H,9H2. The largest absolute Gasteiger partial charge is 0.240 e. The van der Waals surface area contributed by atoms with Gasteiger partial charge in [0.1, 0.15) is 21.5 Å². The van der Waals surface area contributed by atoms with Crippen molar-refractivity contribution >= 4 is 31.4 Å². The first kappa shape index (κ1) is 13.2. The second-order valence-corrected chi connectivity index (χ2v) is 7.34. The molecule has 6 heteroatoms. The number of hydrogen-bond acceptors (Lipinski definition) is 4. The van der Waals surface area contributed by atoms with Crippen molar-refractivity contribution in [2.45, 2.75) is 10.6 Å². The first-order chi connectivity index (χ1) is 9.56. The number of sulfone groups is 1. The van der Waals surface area contributed by atoms with Gasteiger partial charge in [0.15, 0.2) is 9.84 Å². The molecular weight excluding hydrogens is 297 g/mol. The van der Waals surface area contributed by atoms with E-state index in [4.69, 9.17) is 0 Å². The number of aromatic nitrogens is 1. The number of nitrogens with zero attached hydrogens (tertiary/aromatic N) is 1. The summed E-state index contributed by atoms with van der Waals surface area (Å²) in [6.07, 6.45) is 0. The summed E-state index contributed by atoms with van der Waals surface area (Å²) in [6, 6.07) is 12.8. The molecular formula is C14H10FNO2S2. The predicted octanol–water partition coefficient (Wildman–Crippen LogP) is 3.41. The molecule has 0 amide bonds. The molecule has 0 atom stereocenters. The zero-order valence-electron chi connectivity index (χ0n) is 10.3. The molecule has 102 valence electrons. The minimum absolute atomic E-state index is 0.278. The van der Waals surface area contributed by atoms with E-state index in [-0.39, 0.29) is 10.6 Å². The van der Waals surface area contributed by atoms with E-state index in [2.05, 4.69) is 4.98 Å². The van der Waals surface area contributed by atoms with E-state index in [0.29, 0.717) is 5.01 Å². The van der Waals surface area contributed by atoms with E-state index in [1.54, 1.807) is 0 Å². The third-order valence-corrected chi connectivity index (χ3v) is 5.70. The Bertz CT molecular complexity index is 839. The second-order valence-electron chi connectivity index (χ2n) is 4.26. The Morgan fingerprint density at radius 2 is 1.75 bits per heavy atom. The number of benzene rings is 2. The van der Waals surface area contributed by atoms with E-state index in [0.717, 1.165) is 16.3 Å². The zero-order chi connectivity index (χ0) is 14.2. The number of rotatable bonds is 3. The lowest BCUT2D eigenvalue weighted by Gasteiger charge is -2.03. The summed E-state index contributed by atoms with van der Waals surface area (Å²) >= 11 is 1.31. The SMILES string of the molecule is O=S(=O)(Cc1nc2ccccc2s1)c1ccccc1F. The summed E-state index contributed by atoms with van der Waals surface area (Å²) in [7, 11) is -3.72. The minimum atomic E-state index is -3.72. The number of para-hydroxylation sites is 1. The number of halogens is 1. The Morgan fingerprint density at radius 3 is 2.50 bits per heavy atom. The van der Waals surface area contributed by atoms with Gasteiger partial charge >= 0.3 is 0 Å². The maximum absolute atomic E-state index is 13.6. The molecule has 0 bridgehead atoms. The molecule has 0 N–H and O–H groups in total. The van der Waals surface area contributed by atoms with Crippen LogP contribution in [-0.4, -0.2) is 13.4 Å². The minimum Gasteiger partial charge on any atom is -0.240 e. The van der Waals surface area contributed by atoms with Crippen molar-refractivity contribution in [2.75, 3.05) is 0 Å². The highest BCUT2D eigenvalue weighted by molar-refractivity contribution is 7.90. The number of thiazole rings is 1. The van der Waals surface area contributed by atoms with Crippen molar-refractivity contribution in [3.63, 3.8) is 0 Å². The van der Waals surface area contributed by atoms with Crippen molar-refractivity contribution in [3.8, 4) is 0 Å². The third kappa shape index (κ3) is 2.44. The van der Waals surface area contributed by atoms with Crippen molar-refractivity contribution in [1.82, 2.24) is 4.98 Å². The fourth-order valence-corrected chi connectivity index (χ4v) is 4.58. The van der Waals surface area contributed by atoms with Gasteiger partial charge in [-0.1, -0.05) is 24.3 Å². The van der Waals surface area contributed by atoms with Crippen LogP contribution in [0.2, 0.25) is 0 Å². The lowest BCUT2D eigenvalue weighted by atomic mass is 10.3. The topological polar surface area (TPSA) is 47.0 Å². The molecule has 3 rings (SSSR count). The molecule has 3 nitrogen and oxygen atoms in total. The molecule has 0 saturated carbocycles. The van der Waals surface area contributed by atoms with Gasteiger partial charge in [0, 0.05) is 0 Å². The molecule has 0 radical (unpaired) electrons. The monoisotopic (exact) mass is 307 g/mol. The zero-order valence-corrected chi connectivity index (χ0v) is 11.9. The quantitative estimate of drug-likeness (QED) is 0.745. The van der Waals surface area contributed by atoms with E-state index in [9.17, 15) is 12.8 Å². The van der Waals surface area contributed by atoms with Gasteiger partial charge in [0.05, 0.1) is 10.2 Å². The van der Waals surface area contributed by atoms with Crippen LogP contribution in [0.1, 0.15) is 5.01 Å². The average Bonchev–Trinajstić information content (AvgIpc) is 2.80. The Balaban J connectivity index is 1.99. The van der Waals surface area contributed by atoms with Gasteiger partial charge in [-0.25, -0.2) is 17.8 Å². The van der Waals surface area contributed by atoms with Gasteiger partial charge in [-0.2, -0.15) is 0 Å². The maximum atomic E-state index is 13.6. The average molecular weight is 307 g/mol. The molecule has 0 unspecified atom stereocenters. The van der Waals surface area contributed by atoms with Crippen molar-refractivity contribution < 1.29 is 12.8 Å². The van der Waals surface area contributed by atoms with E-state index in [1.807, 2.05) is 24.3 Å². The van der Waals surface area contributed by atoms with Crippen LogP contribution < -0.4 is 0 Å². The van der Waals surface area contributed by atoms with E-state index >= 15 is 0 Å². The summed E-state index contributed by atoms with van der Waals surface area (Å²) in [6.45, 7) is 0. The molecule has 2 aromatic carbocycles. The summed E-state index contributed by atoms with van der Waals surface area (Å²) in [4.78, 5) is 3.99. The molecule has 0 aliphatic heterocycles. The highest BCUT2D eigenvalue weighted by Crippen LogP contribution is 2.26. The van der Waals surface area contributed by atoms with Crippen LogP contribution >= 0.6 is 11.3 Å². The first-order valence-corrected chi connectivity index (χ1v) is 8.35. The highest BCUT2D eigenvalue weighted by Gasteiger charge is 2.21. The van der Waals surface area contributed by atoms with Gasteiger partial charge in [-0.05, 0) is 24.3 Å². The summed E-state index contributed by atoms with van der Waals surface area (Å²) in [5, 5.41) is 0.467. The van der Waals surface area contributed by atoms with E-state index < -0.39 is 15.7 Å². The summed E-state index contributed by atoms with van der Waals surface area (Å²) < 4.78 is 39.0. The van der Waals surface area contributed by atoms with Crippen LogP contribution in [0.15, 0.2) is 53.4 Å². The lowest BCUT2D eigenvalue weighted by molar-refractivity contribution is 0.566. The predicted molar refractivity (Wildman–Crippen MR) is 76.9 cm³/mol. The van der Waals surface area contributed by atoms with Gasteiger partial charge in [0.2, 0.25) is 0 Å². The molecule has 1 heterocycles. The normalized spacial score (nSPS) is 11.8. The van der Waals surface area contributed by atoms with Crippen LogP contribution in [-0.2, 0) is 15.6 Å². The molecule has 1 aromatic heterocycles. The first-order valence-electron chi connectivity index (χ1n) is 5.88. The lowest BCUT2D eigenvalue weighted by Crippen LogP contribution is -2.06. The van der Waals surface area contributed by atoms with Crippen LogP contribution in [0, 0.1) is 5.82 Å². The van der Waals surface area contributed by atoms with Crippen molar-refractivity contribution in [2.24, 2.45) is 0 Å². The Hall–Kier alpha value is -1.79. The van der Waals surface area contributed by atoms with Crippen molar-refractivity contribution in [1.29, 1.82) is 0 Å². The van der Waals surface area contributed by atoms with Crippen LogP contribution in [0.25, 0.3) is 10.2 Å². The summed E-state index contributed by atoms with van der Waals surface area (Å²) in [5.74, 6) is -1.01. The van der Waals surface area contributed by atoms with Crippen LogP contribution in [0.4, 0.5) is 4.39 Å². The smallest absolute Gasteiger partial charge is 0.187 e. The van der Waals surface area contributed by atoms with Crippen molar-refractivity contribution in [3.05, 3.63) is 59.4 Å². The second kappa shape index (κ2) is 4.96. The van der Waals surface area contributed by atoms with E-state index in [1.165, 1.54) is 29.5 Å². The molecule has 0 aliphatic carbocycles. The Kier molecular flexibility index (Phi) is 3.27. The van der Waals surface area contributed by atoms with Gasteiger partial charge in [-0.3, -0.25) is 0 Å². The Morgan fingerprint density at radius 1 is 1.05 bits per heavy atom. The maximum Gasteiger partial charge on any atom is 0.187 e. The fraction of sp³-hybridized carbons (Fsp3) is 0.0714.